The third-order valence-corrected chi connectivity index (χ3v) is 1.57. The van der Waals surface area contributed by atoms with Gasteiger partial charge in [-0.15, -0.1) is 0 Å². The van der Waals surface area contributed by atoms with Gasteiger partial charge in [-0.25, -0.2) is 0 Å². The highest BCUT2D eigenvalue weighted by Gasteiger charge is 1.96. The average molecular weight is 160 g/mol. The Bertz CT molecular complexity index is 568. The summed E-state index contributed by atoms with van der Waals surface area (Å²) in [7, 11) is 0. The molecule has 0 aliphatic carbocycles. The number of aromatic amines is 1. The van der Waals surface area contributed by atoms with Gasteiger partial charge in [0.2, 0.25) is 0 Å². The average Bonchev–Trinajstić information content (AvgIpc) is 2.47. The van der Waals surface area contributed by atoms with Crippen LogP contribution in [0.1, 0.15) is 8.30 Å². The summed E-state index contributed by atoms with van der Waals surface area (Å²) in [5.74, 6) is 0. The zero-order valence-corrected chi connectivity index (χ0v) is 6.20. The van der Waals surface area contributed by atoms with Crippen molar-refractivity contribution in [2.24, 2.45) is 0 Å². The zero-order chi connectivity index (χ0) is 11.0. The van der Waals surface area contributed by atoms with Gasteiger partial charge in [0, 0.05) is 5.39 Å². The minimum atomic E-state index is -0.0928. The molecule has 0 aliphatic heterocycles. The lowest BCUT2D eigenvalue weighted by Crippen LogP contribution is -1.79. The molecule has 0 saturated carbocycles. The SMILES string of the molecule is [2H]c1nn([2H])c2ccc(CC#N)c([2H])c12. The van der Waals surface area contributed by atoms with E-state index < -0.39 is 0 Å². The Morgan fingerprint density at radius 1 is 1.75 bits per heavy atom. The number of fused-ring (bicyclic) bond motifs is 1. The van der Waals surface area contributed by atoms with Gasteiger partial charge < -0.3 is 0 Å². The Hall–Kier alpha value is -1.82. The van der Waals surface area contributed by atoms with E-state index in [0.717, 1.165) is 5.09 Å². The van der Waals surface area contributed by atoms with Crippen LogP contribution < -0.4 is 0 Å². The molecule has 1 heterocycles. The van der Waals surface area contributed by atoms with Crippen molar-refractivity contribution in [1.82, 2.24) is 10.2 Å². The van der Waals surface area contributed by atoms with Crippen molar-refractivity contribution < 1.29 is 4.15 Å². The van der Waals surface area contributed by atoms with E-state index in [9.17, 15) is 0 Å². The lowest BCUT2D eigenvalue weighted by Gasteiger charge is -1.92. The molecule has 0 radical (unpaired) electrons. The maximum absolute atomic E-state index is 8.55. The fourth-order valence-electron chi connectivity index (χ4n) is 1.01. The molecule has 0 atom stereocenters. The molecule has 0 fully saturated rings. The van der Waals surface area contributed by atoms with Gasteiger partial charge in [-0.05, 0) is 17.7 Å². The summed E-state index contributed by atoms with van der Waals surface area (Å²) in [6, 6.07) is 5.32. The summed E-state index contributed by atoms with van der Waals surface area (Å²) in [6.07, 6.45) is 0.0435. The summed E-state index contributed by atoms with van der Waals surface area (Å²) >= 11 is 0. The summed E-state index contributed by atoms with van der Waals surface area (Å²) in [4.78, 5) is 0. The molecule has 0 spiro atoms. The van der Waals surface area contributed by atoms with Crippen LogP contribution in [-0.2, 0) is 6.42 Å². The van der Waals surface area contributed by atoms with Crippen LogP contribution in [0.25, 0.3) is 10.9 Å². The second-order valence-corrected chi connectivity index (χ2v) is 2.39. The lowest BCUT2D eigenvalue weighted by molar-refractivity contribution is 1.12. The second-order valence-electron chi connectivity index (χ2n) is 2.39. The zero-order valence-electron chi connectivity index (χ0n) is 9.20. The summed E-state index contributed by atoms with van der Waals surface area (Å²) < 4.78 is 22.7. The first kappa shape index (κ1) is 4.27. The van der Waals surface area contributed by atoms with Gasteiger partial charge >= 0.3 is 0 Å². The van der Waals surface area contributed by atoms with Gasteiger partial charge in [0.1, 0.15) is 0 Å². The van der Waals surface area contributed by atoms with E-state index in [4.69, 9.17) is 9.42 Å². The molecule has 3 heteroatoms. The second kappa shape index (κ2) is 2.67. The molecule has 3 nitrogen and oxygen atoms in total. The Morgan fingerprint density at radius 2 is 2.67 bits per heavy atom. The molecule has 0 amide bonds. The number of hydrogen-bond donors (Lipinski definition) is 1. The number of benzene rings is 1. The van der Waals surface area contributed by atoms with Crippen molar-refractivity contribution in [2.45, 2.75) is 6.42 Å². The number of nitrogens with one attached hydrogen (secondary N) is 1. The van der Waals surface area contributed by atoms with E-state index in [1.807, 2.05) is 6.07 Å². The van der Waals surface area contributed by atoms with Gasteiger partial charge in [0.15, 0.2) is 1.41 Å². The molecule has 2 rings (SSSR count). The number of aromatic nitrogens is 2. The molecule has 1 N–H and O–H groups in total. The van der Waals surface area contributed by atoms with E-state index >= 15 is 0 Å². The third kappa shape index (κ3) is 1.04. The van der Waals surface area contributed by atoms with E-state index in [0.29, 0.717) is 16.5 Å². The minimum absolute atomic E-state index is 0.0928. The predicted molar refractivity (Wildman–Crippen MR) is 45.4 cm³/mol. The highest BCUT2D eigenvalue weighted by atomic mass is 15.1. The number of hydrogen-bond acceptors (Lipinski definition) is 2. The number of nitriles is 1. The molecule has 1 aromatic heterocycles. The van der Waals surface area contributed by atoms with Gasteiger partial charge in [-0.2, -0.15) is 10.4 Å². The summed E-state index contributed by atoms with van der Waals surface area (Å²) in [5.41, 5.74) is 0.984. The van der Waals surface area contributed by atoms with E-state index in [1.165, 1.54) is 0 Å². The van der Waals surface area contributed by atoms with Crippen molar-refractivity contribution in [3.8, 4) is 6.07 Å². The summed E-state index contributed by atoms with van der Waals surface area (Å²) in [5, 5.41) is 13.3. The smallest absolute Gasteiger partial charge is 0.190 e. The highest BCUT2D eigenvalue weighted by Crippen LogP contribution is 2.12. The van der Waals surface area contributed by atoms with E-state index in [2.05, 4.69) is 5.10 Å². The van der Waals surface area contributed by atoms with E-state index in [1.54, 1.807) is 12.1 Å². The fourth-order valence-corrected chi connectivity index (χ4v) is 1.01. The molecular formula is C9H7N3. The van der Waals surface area contributed by atoms with Crippen LogP contribution >= 0.6 is 0 Å². The first-order chi connectivity index (χ1) is 7.15. The first-order valence-corrected chi connectivity index (χ1v) is 3.49. The highest BCUT2D eigenvalue weighted by molar-refractivity contribution is 5.78. The Kier molecular flexibility index (Phi) is 0.948. The molecule has 2 aromatic rings. The van der Waals surface area contributed by atoms with Crippen molar-refractivity contribution in [3.63, 3.8) is 0 Å². The predicted octanol–water partition coefficient (Wildman–Crippen LogP) is 1.63. The molecule has 0 bridgehead atoms. The quantitative estimate of drug-likeness (QED) is 0.689. The normalized spacial score (nSPS) is 13.4. The standard InChI is InChI=1S/C9H7N3/c10-4-3-7-1-2-9-8(5-7)6-11-12-9/h1-2,5-6H,3H2,(H,11,12)/i5D,6D/hD. The van der Waals surface area contributed by atoms with Crippen molar-refractivity contribution >= 4 is 10.9 Å². The largest absolute Gasteiger partial charge is 0.278 e. The Labute approximate surface area is 73.9 Å². The molecule has 12 heavy (non-hydrogen) atoms. The Balaban J connectivity index is 2.79. The topological polar surface area (TPSA) is 52.5 Å². The lowest BCUT2D eigenvalue weighted by atomic mass is 10.1. The molecule has 0 saturated heterocycles. The molecule has 58 valence electrons. The number of H-pyrrole nitrogens is 1. The molecule has 0 unspecified atom stereocenters. The summed E-state index contributed by atoms with van der Waals surface area (Å²) in [6.45, 7) is 0. The monoisotopic (exact) mass is 160 g/mol. The first-order valence-electron chi connectivity index (χ1n) is 4.94. The maximum Gasteiger partial charge on any atom is 0.190 e. The van der Waals surface area contributed by atoms with Crippen molar-refractivity contribution in [3.05, 3.63) is 29.9 Å². The van der Waals surface area contributed by atoms with Gasteiger partial charge in [0.05, 0.1) is 26.9 Å². The molecule has 0 aliphatic rings. The van der Waals surface area contributed by atoms with Crippen LogP contribution in [0.15, 0.2) is 24.3 Å². The Morgan fingerprint density at radius 3 is 3.50 bits per heavy atom. The fraction of sp³-hybridized carbons (Fsp3) is 0.111. The van der Waals surface area contributed by atoms with Gasteiger partial charge in [-0.3, -0.25) is 5.09 Å². The molecular weight excluding hydrogens is 150 g/mol. The van der Waals surface area contributed by atoms with Crippen LogP contribution in [0.3, 0.4) is 0 Å². The van der Waals surface area contributed by atoms with Crippen molar-refractivity contribution in [1.29, 1.82) is 5.26 Å². The molecule has 1 aromatic carbocycles. The van der Waals surface area contributed by atoms with Crippen LogP contribution in [0.4, 0.5) is 0 Å². The maximum atomic E-state index is 8.55. The van der Waals surface area contributed by atoms with Crippen molar-refractivity contribution in [2.75, 3.05) is 0 Å². The number of nitrogens with zero attached hydrogens (tertiary/aromatic N) is 2. The van der Waals surface area contributed by atoms with Crippen LogP contribution in [-0.4, -0.2) is 10.2 Å². The van der Waals surface area contributed by atoms with Crippen LogP contribution in [0.5, 0.6) is 0 Å². The minimum Gasteiger partial charge on any atom is -0.278 e. The number of rotatable bonds is 1. The van der Waals surface area contributed by atoms with E-state index in [-0.39, 0.29) is 18.6 Å². The van der Waals surface area contributed by atoms with Crippen LogP contribution in [0, 0.1) is 11.3 Å². The van der Waals surface area contributed by atoms with Gasteiger partial charge in [0.25, 0.3) is 0 Å². The van der Waals surface area contributed by atoms with Gasteiger partial charge in [-0.1, -0.05) is 6.07 Å². The van der Waals surface area contributed by atoms with Crippen LogP contribution in [0.2, 0.25) is 1.41 Å². The third-order valence-electron chi connectivity index (χ3n) is 1.57.